The van der Waals surface area contributed by atoms with Gasteiger partial charge in [-0.1, -0.05) is 24.3 Å². The summed E-state index contributed by atoms with van der Waals surface area (Å²) >= 11 is 0. The second-order valence-corrected chi connectivity index (χ2v) is 6.89. The standard InChI is InChI=1S/C23H22F2N4O3/c1-14-10-15(13-28-23(31)29-17-5-3-4-16(11-17)21(24)25)6-7-20(14)32-18-8-9-27-19(12-18)22(30)26-2/h3-12,21H,13H2,1-2H3,(H,26,30)(H2,28,29,31). The summed E-state index contributed by atoms with van der Waals surface area (Å²) in [7, 11) is 1.52. The van der Waals surface area contributed by atoms with Gasteiger partial charge in [-0.2, -0.15) is 0 Å². The molecule has 0 aliphatic rings. The van der Waals surface area contributed by atoms with E-state index in [0.717, 1.165) is 11.1 Å². The third kappa shape index (κ3) is 6.00. The molecule has 0 fully saturated rings. The molecule has 0 spiro atoms. The zero-order valence-electron chi connectivity index (χ0n) is 17.5. The third-order valence-corrected chi connectivity index (χ3v) is 4.51. The van der Waals surface area contributed by atoms with Gasteiger partial charge in [-0.3, -0.25) is 9.78 Å². The number of hydrogen-bond acceptors (Lipinski definition) is 4. The number of rotatable bonds is 7. The predicted molar refractivity (Wildman–Crippen MR) is 116 cm³/mol. The van der Waals surface area contributed by atoms with Crippen LogP contribution in [-0.4, -0.2) is 24.0 Å². The zero-order chi connectivity index (χ0) is 23.1. The summed E-state index contributed by atoms with van der Waals surface area (Å²) in [5, 5.41) is 7.73. The van der Waals surface area contributed by atoms with Crippen LogP contribution >= 0.6 is 0 Å². The van der Waals surface area contributed by atoms with Gasteiger partial charge in [-0.15, -0.1) is 0 Å². The lowest BCUT2D eigenvalue weighted by molar-refractivity contribution is 0.0957. The first-order chi connectivity index (χ1) is 15.4. The number of aromatic nitrogens is 1. The van der Waals surface area contributed by atoms with Crippen molar-refractivity contribution < 1.29 is 23.1 Å². The molecule has 3 amide bonds. The van der Waals surface area contributed by atoms with Gasteiger partial charge in [-0.05, 0) is 42.3 Å². The minimum Gasteiger partial charge on any atom is -0.457 e. The van der Waals surface area contributed by atoms with Gasteiger partial charge in [0, 0.05) is 37.1 Å². The fourth-order valence-electron chi connectivity index (χ4n) is 2.90. The molecule has 9 heteroatoms. The van der Waals surface area contributed by atoms with Gasteiger partial charge in [-0.25, -0.2) is 13.6 Å². The molecule has 0 aliphatic carbocycles. The van der Waals surface area contributed by atoms with Crippen LogP contribution in [0.4, 0.5) is 19.3 Å². The number of carbonyl (C=O) groups excluding carboxylic acids is 2. The Balaban J connectivity index is 1.59. The van der Waals surface area contributed by atoms with Crippen LogP contribution in [0.2, 0.25) is 0 Å². The van der Waals surface area contributed by atoms with Crippen molar-refractivity contribution in [1.82, 2.24) is 15.6 Å². The number of halogens is 2. The molecule has 0 aliphatic heterocycles. The van der Waals surface area contributed by atoms with Crippen LogP contribution in [-0.2, 0) is 6.54 Å². The topological polar surface area (TPSA) is 92.4 Å². The molecule has 0 atom stereocenters. The minimum absolute atomic E-state index is 0.161. The van der Waals surface area contributed by atoms with Crippen LogP contribution in [0.5, 0.6) is 11.5 Å². The molecule has 2 aromatic carbocycles. The average Bonchev–Trinajstić information content (AvgIpc) is 2.79. The maximum absolute atomic E-state index is 12.8. The van der Waals surface area contributed by atoms with Crippen molar-refractivity contribution in [2.24, 2.45) is 0 Å². The highest BCUT2D eigenvalue weighted by Gasteiger charge is 2.10. The maximum Gasteiger partial charge on any atom is 0.319 e. The number of aryl methyl sites for hydroxylation is 1. The van der Waals surface area contributed by atoms with Crippen molar-refractivity contribution in [1.29, 1.82) is 0 Å². The quantitative estimate of drug-likeness (QED) is 0.492. The molecule has 1 heterocycles. The molecule has 3 aromatic rings. The first kappa shape index (κ1) is 22.7. The van der Waals surface area contributed by atoms with Gasteiger partial charge in [0.1, 0.15) is 17.2 Å². The van der Waals surface area contributed by atoms with E-state index in [-0.39, 0.29) is 29.4 Å². The predicted octanol–water partition coefficient (Wildman–Crippen LogP) is 4.80. The SMILES string of the molecule is CNC(=O)c1cc(Oc2ccc(CNC(=O)Nc3cccc(C(F)F)c3)cc2C)ccn1. The van der Waals surface area contributed by atoms with Crippen molar-refractivity contribution in [2.45, 2.75) is 19.9 Å². The van der Waals surface area contributed by atoms with Gasteiger partial charge >= 0.3 is 6.03 Å². The maximum atomic E-state index is 12.8. The fourth-order valence-corrected chi connectivity index (χ4v) is 2.90. The second kappa shape index (κ2) is 10.3. The van der Waals surface area contributed by atoms with Crippen molar-refractivity contribution in [3.63, 3.8) is 0 Å². The van der Waals surface area contributed by atoms with Crippen molar-refractivity contribution in [2.75, 3.05) is 12.4 Å². The summed E-state index contributed by atoms with van der Waals surface area (Å²) < 4.78 is 31.4. The number of amides is 3. The molecule has 3 N–H and O–H groups in total. The number of nitrogens with zero attached hydrogens (tertiary/aromatic N) is 1. The highest BCUT2D eigenvalue weighted by molar-refractivity contribution is 5.92. The zero-order valence-corrected chi connectivity index (χ0v) is 17.5. The number of alkyl halides is 2. The second-order valence-electron chi connectivity index (χ2n) is 6.89. The Morgan fingerprint density at radius 3 is 2.62 bits per heavy atom. The van der Waals surface area contributed by atoms with Crippen LogP contribution in [0.15, 0.2) is 60.8 Å². The van der Waals surface area contributed by atoms with Crippen LogP contribution in [0, 0.1) is 6.92 Å². The Morgan fingerprint density at radius 1 is 1.09 bits per heavy atom. The minimum atomic E-state index is -2.61. The summed E-state index contributed by atoms with van der Waals surface area (Å²) in [5.74, 6) is 0.752. The number of urea groups is 1. The molecule has 166 valence electrons. The third-order valence-electron chi connectivity index (χ3n) is 4.51. The van der Waals surface area contributed by atoms with Crippen molar-refractivity contribution in [3.05, 3.63) is 83.2 Å². The van der Waals surface area contributed by atoms with E-state index in [9.17, 15) is 18.4 Å². The molecule has 0 unspecified atom stereocenters. The largest absolute Gasteiger partial charge is 0.457 e. The number of carbonyl (C=O) groups is 2. The highest BCUT2D eigenvalue weighted by atomic mass is 19.3. The lowest BCUT2D eigenvalue weighted by atomic mass is 10.1. The van der Waals surface area contributed by atoms with E-state index in [0.29, 0.717) is 11.5 Å². The van der Waals surface area contributed by atoms with E-state index < -0.39 is 12.5 Å². The lowest BCUT2D eigenvalue weighted by Crippen LogP contribution is -2.28. The first-order valence-corrected chi connectivity index (χ1v) is 9.74. The number of pyridine rings is 1. The Morgan fingerprint density at radius 2 is 1.91 bits per heavy atom. The molecule has 0 radical (unpaired) electrons. The Labute approximate surface area is 183 Å². The van der Waals surface area contributed by atoms with Crippen LogP contribution < -0.4 is 20.7 Å². The molecular weight excluding hydrogens is 418 g/mol. The molecule has 32 heavy (non-hydrogen) atoms. The normalized spacial score (nSPS) is 10.5. The van der Waals surface area contributed by atoms with E-state index in [1.807, 2.05) is 13.0 Å². The lowest BCUT2D eigenvalue weighted by Gasteiger charge is -2.12. The molecule has 3 rings (SSSR count). The Kier molecular flexibility index (Phi) is 7.33. The summed E-state index contributed by atoms with van der Waals surface area (Å²) in [6, 6.07) is 13.6. The van der Waals surface area contributed by atoms with E-state index in [1.165, 1.54) is 37.5 Å². The van der Waals surface area contributed by atoms with Gasteiger partial charge < -0.3 is 20.7 Å². The van der Waals surface area contributed by atoms with Gasteiger partial charge in [0.25, 0.3) is 12.3 Å². The first-order valence-electron chi connectivity index (χ1n) is 9.74. The average molecular weight is 440 g/mol. The van der Waals surface area contributed by atoms with Gasteiger partial charge in [0.15, 0.2) is 0 Å². The van der Waals surface area contributed by atoms with Crippen LogP contribution in [0.3, 0.4) is 0 Å². The monoisotopic (exact) mass is 440 g/mol. The molecule has 0 bridgehead atoms. The molecule has 0 saturated heterocycles. The summed E-state index contributed by atoms with van der Waals surface area (Å²) in [6.07, 6.45) is -1.12. The number of hydrogen-bond donors (Lipinski definition) is 3. The number of benzene rings is 2. The van der Waals surface area contributed by atoms with Crippen LogP contribution in [0.1, 0.15) is 33.6 Å². The molecular formula is C23H22F2N4O3. The van der Waals surface area contributed by atoms with E-state index in [2.05, 4.69) is 20.9 Å². The summed E-state index contributed by atoms with van der Waals surface area (Å²) in [5.41, 5.74) is 2.02. The smallest absolute Gasteiger partial charge is 0.319 e. The highest BCUT2D eigenvalue weighted by Crippen LogP contribution is 2.26. The molecule has 7 nitrogen and oxygen atoms in total. The van der Waals surface area contributed by atoms with Gasteiger partial charge in [0.05, 0.1) is 0 Å². The van der Waals surface area contributed by atoms with E-state index in [4.69, 9.17) is 4.74 Å². The Bertz CT molecular complexity index is 1120. The molecule has 1 aromatic heterocycles. The van der Waals surface area contributed by atoms with Crippen molar-refractivity contribution in [3.8, 4) is 11.5 Å². The number of nitrogens with one attached hydrogen (secondary N) is 3. The van der Waals surface area contributed by atoms with Gasteiger partial charge in [0.2, 0.25) is 0 Å². The Hall–Kier alpha value is -4.01. The summed E-state index contributed by atoms with van der Waals surface area (Å²) in [4.78, 5) is 27.8. The van der Waals surface area contributed by atoms with E-state index in [1.54, 1.807) is 24.3 Å². The van der Waals surface area contributed by atoms with Crippen molar-refractivity contribution >= 4 is 17.6 Å². The molecule has 0 saturated carbocycles. The van der Waals surface area contributed by atoms with E-state index >= 15 is 0 Å². The summed E-state index contributed by atoms with van der Waals surface area (Å²) in [6.45, 7) is 2.09. The van der Waals surface area contributed by atoms with Crippen LogP contribution in [0.25, 0.3) is 0 Å². The number of anilines is 1. The number of ether oxygens (including phenoxy) is 1. The fraction of sp³-hybridized carbons (Fsp3) is 0.174.